The lowest BCUT2D eigenvalue weighted by Gasteiger charge is -2.09. The first kappa shape index (κ1) is 14.2. The number of aryl methyl sites for hydroxylation is 1. The van der Waals surface area contributed by atoms with Crippen molar-refractivity contribution in [3.63, 3.8) is 0 Å². The van der Waals surface area contributed by atoms with E-state index in [0.29, 0.717) is 4.90 Å². The van der Waals surface area contributed by atoms with Crippen molar-refractivity contribution in [3.8, 4) is 0 Å². The van der Waals surface area contributed by atoms with Crippen LogP contribution in [0.5, 0.6) is 0 Å². The maximum Gasteiger partial charge on any atom is 0.241 e. The molecule has 5 heteroatoms. The number of hydrogen-bond donors (Lipinski definition) is 1. The summed E-state index contributed by atoms with van der Waals surface area (Å²) in [4.78, 5) is 0.326. The van der Waals surface area contributed by atoms with E-state index in [4.69, 9.17) is 0 Å². The van der Waals surface area contributed by atoms with Crippen LogP contribution in [0.4, 0.5) is 0 Å². The molecule has 100 valence electrons. The molecule has 0 aliphatic heterocycles. The predicted molar refractivity (Wildman–Crippen MR) is 79.3 cm³/mol. The van der Waals surface area contributed by atoms with Crippen LogP contribution in [0, 0.1) is 6.92 Å². The zero-order valence-corrected chi connectivity index (χ0v) is 12.8. The van der Waals surface area contributed by atoms with Crippen LogP contribution in [0.3, 0.4) is 0 Å². The highest BCUT2D eigenvalue weighted by molar-refractivity contribution is 9.10. The number of nitrogens with one attached hydrogen (secondary N) is 1. The summed E-state index contributed by atoms with van der Waals surface area (Å²) in [6.07, 6.45) is 0. The van der Waals surface area contributed by atoms with Crippen molar-refractivity contribution in [1.29, 1.82) is 0 Å². The van der Waals surface area contributed by atoms with Crippen molar-refractivity contribution in [3.05, 3.63) is 64.1 Å². The van der Waals surface area contributed by atoms with E-state index in [0.717, 1.165) is 15.6 Å². The normalized spacial score (nSPS) is 11.5. The van der Waals surface area contributed by atoms with Gasteiger partial charge in [-0.3, -0.25) is 0 Å². The van der Waals surface area contributed by atoms with E-state index in [1.54, 1.807) is 25.1 Å². The Balaban J connectivity index is 2.14. The monoisotopic (exact) mass is 339 g/mol. The van der Waals surface area contributed by atoms with Gasteiger partial charge in [-0.05, 0) is 36.2 Å². The van der Waals surface area contributed by atoms with E-state index in [-0.39, 0.29) is 6.54 Å². The SMILES string of the molecule is Cc1ccccc1S(=O)(=O)NCc1ccc(Br)cc1. The highest BCUT2D eigenvalue weighted by atomic mass is 79.9. The Labute approximate surface area is 121 Å². The third-order valence-corrected chi connectivity index (χ3v) is 4.85. The van der Waals surface area contributed by atoms with Gasteiger partial charge in [-0.15, -0.1) is 0 Å². The van der Waals surface area contributed by atoms with Crippen molar-refractivity contribution in [2.24, 2.45) is 0 Å². The first-order valence-corrected chi connectivity index (χ1v) is 8.06. The summed E-state index contributed by atoms with van der Waals surface area (Å²) in [5, 5.41) is 0. The summed E-state index contributed by atoms with van der Waals surface area (Å²) in [5.41, 5.74) is 1.66. The highest BCUT2D eigenvalue weighted by Gasteiger charge is 2.15. The second-order valence-corrected chi connectivity index (χ2v) is 6.87. The molecular weight excluding hydrogens is 326 g/mol. The molecule has 0 heterocycles. The summed E-state index contributed by atoms with van der Waals surface area (Å²) in [6, 6.07) is 14.5. The maximum absolute atomic E-state index is 12.2. The molecule has 0 amide bonds. The second-order valence-electron chi connectivity index (χ2n) is 4.22. The molecule has 1 N–H and O–H groups in total. The number of sulfonamides is 1. The summed E-state index contributed by atoms with van der Waals surface area (Å²) in [6.45, 7) is 2.07. The molecule has 0 saturated carbocycles. The molecule has 0 unspecified atom stereocenters. The molecule has 0 radical (unpaired) electrons. The van der Waals surface area contributed by atoms with Gasteiger partial charge in [-0.2, -0.15) is 0 Å². The van der Waals surface area contributed by atoms with Gasteiger partial charge in [-0.1, -0.05) is 46.3 Å². The lowest BCUT2D eigenvalue weighted by atomic mass is 10.2. The van der Waals surface area contributed by atoms with Crippen molar-refractivity contribution in [2.45, 2.75) is 18.4 Å². The largest absolute Gasteiger partial charge is 0.241 e. The Bertz CT molecular complexity index is 666. The van der Waals surface area contributed by atoms with Gasteiger partial charge >= 0.3 is 0 Å². The number of hydrogen-bond acceptors (Lipinski definition) is 2. The molecule has 0 aromatic heterocycles. The molecule has 19 heavy (non-hydrogen) atoms. The van der Waals surface area contributed by atoms with Gasteiger partial charge in [0.05, 0.1) is 4.90 Å². The molecule has 0 aliphatic rings. The van der Waals surface area contributed by atoms with E-state index >= 15 is 0 Å². The fourth-order valence-electron chi connectivity index (χ4n) is 1.72. The van der Waals surface area contributed by atoms with Crippen LogP contribution in [-0.2, 0) is 16.6 Å². The molecule has 0 spiro atoms. The fraction of sp³-hybridized carbons (Fsp3) is 0.143. The van der Waals surface area contributed by atoms with E-state index < -0.39 is 10.0 Å². The molecule has 0 saturated heterocycles. The van der Waals surface area contributed by atoms with E-state index in [2.05, 4.69) is 20.7 Å². The fourth-order valence-corrected chi connectivity index (χ4v) is 3.24. The lowest BCUT2D eigenvalue weighted by molar-refractivity contribution is 0.580. The average Bonchev–Trinajstić information content (AvgIpc) is 2.38. The van der Waals surface area contributed by atoms with Crippen LogP contribution in [0.2, 0.25) is 0 Å². The van der Waals surface area contributed by atoms with Crippen molar-refractivity contribution in [1.82, 2.24) is 4.72 Å². The van der Waals surface area contributed by atoms with Crippen molar-refractivity contribution in [2.75, 3.05) is 0 Å². The molecule has 2 aromatic rings. The van der Waals surface area contributed by atoms with Crippen LogP contribution in [0.25, 0.3) is 0 Å². The summed E-state index contributed by atoms with van der Waals surface area (Å²) in [7, 11) is -3.46. The molecule has 2 rings (SSSR count). The maximum atomic E-state index is 12.2. The second kappa shape index (κ2) is 5.86. The van der Waals surface area contributed by atoms with Crippen LogP contribution >= 0.6 is 15.9 Å². The lowest BCUT2D eigenvalue weighted by Crippen LogP contribution is -2.23. The Morgan fingerprint density at radius 2 is 1.68 bits per heavy atom. The Morgan fingerprint density at radius 1 is 1.05 bits per heavy atom. The topological polar surface area (TPSA) is 46.2 Å². The summed E-state index contributed by atoms with van der Waals surface area (Å²) in [5.74, 6) is 0. The van der Waals surface area contributed by atoms with Crippen molar-refractivity contribution < 1.29 is 8.42 Å². The summed E-state index contributed by atoms with van der Waals surface area (Å²) >= 11 is 3.34. The van der Waals surface area contributed by atoms with E-state index in [1.165, 1.54) is 0 Å². The molecule has 0 aliphatic carbocycles. The van der Waals surface area contributed by atoms with Gasteiger partial charge in [0.25, 0.3) is 0 Å². The Hall–Kier alpha value is -1.17. The molecule has 0 bridgehead atoms. The average molecular weight is 340 g/mol. The predicted octanol–water partition coefficient (Wildman–Crippen LogP) is 3.24. The molecular formula is C14H14BrNO2S. The van der Waals surface area contributed by atoms with Gasteiger partial charge in [-0.25, -0.2) is 13.1 Å². The standard InChI is InChI=1S/C14H14BrNO2S/c1-11-4-2-3-5-14(11)19(17,18)16-10-12-6-8-13(15)9-7-12/h2-9,16H,10H2,1H3. The first-order valence-electron chi connectivity index (χ1n) is 5.79. The van der Waals surface area contributed by atoms with E-state index in [1.807, 2.05) is 30.3 Å². The van der Waals surface area contributed by atoms with Gasteiger partial charge in [0.2, 0.25) is 10.0 Å². The van der Waals surface area contributed by atoms with Crippen LogP contribution in [0.15, 0.2) is 57.9 Å². The summed E-state index contributed by atoms with van der Waals surface area (Å²) < 4.78 is 27.9. The third kappa shape index (κ3) is 3.65. The molecule has 0 fully saturated rings. The third-order valence-electron chi connectivity index (χ3n) is 2.76. The highest BCUT2D eigenvalue weighted by Crippen LogP contribution is 2.15. The van der Waals surface area contributed by atoms with Gasteiger partial charge < -0.3 is 0 Å². The molecule has 0 atom stereocenters. The van der Waals surface area contributed by atoms with Crippen molar-refractivity contribution >= 4 is 26.0 Å². The number of rotatable bonds is 4. The van der Waals surface area contributed by atoms with Gasteiger partial charge in [0.1, 0.15) is 0 Å². The quantitative estimate of drug-likeness (QED) is 0.929. The van der Waals surface area contributed by atoms with Crippen LogP contribution in [0.1, 0.15) is 11.1 Å². The smallest absolute Gasteiger partial charge is 0.207 e. The number of benzene rings is 2. The van der Waals surface area contributed by atoms with Gasteiger partial charge in [0.15, 0.2) is 0 Å². The zero-order valence-electron chi connectivity index (χ0n) is 10.4. The van der Waals surface area contributed by atoms with E-state index in [9.17, 15) is 8.42 Å². The number of halogens is 1. The van der Waals surface area contributed by atoms with Gasteiger partial charge in [0, 0.05) is 11.0 Å². The minimum Gasteiger partial charge on any atom is -0.207 e. The van der Waals surface area contributed by atoms with Crippen LogP contribution < -0.4 is 4.72 Å². The Kier molecular flexibility index (Phi) is 4.39. The minimum absolute atomic E-state index is 0.282. The minimum atomic E-state index is -3.46. The zero-order chi connectivity index (χ0) is 13.9. The molecule has 2 aromatic carbocycles. The van der Waals surface area contributed by atoms with Crippen LogP contribution in [-0.4, -0.2) is 8.42 Å². The first-order chi connectivity index (χ1) is 8.99. The Morgan fingerprint density at radius 3 is 2.32 bits per heavy atom. The molecule has 3 nitrogen and oxygen atoms in total.